The van der Waals surface area contributed by atoms with Crippen molar-refractivity contribution < 1.29 is 4.52 Å². The van der Waals surface area contributed by atoms with Crippen molar-refractivity contribution in [1.29, 1.82) is 0 Å². The van der Waals surface area contributed by atoms with Gasteiger partial charge in [0, 0.05) is 16.7 Å². The molecule has 72 valence electrons. The lowest BCUT2D eigenvalue weighted by Crippen LogP contribution is -1.74. The van der Waals surface area contributed by atoms with E-state index in [-0.39, 0.29) is 0 Å². The van der Waals surface area contributed by atoms with Gasteiger partial charge in [0.2, 0.25) is 0 Å². The molecule has 0 bridgehead atoms. The van der Waals surface area contributed by atoms with Crippen LogP contribution in [0.2, 0.25) is 5.02 Å². The van der Waals surface area contributed by atoms with E-state index in [1.807, 2.05) is 37.3 Å². The van der Waals surface area contributed by atoms with Crippen molar-refractivity contribution in [2.75, 3.05) is 0 Å². The van der Waals surface area contributed by atoms with Crippen molar-refractivity contribution in [3.63, 3.8) is 0 Å². The average Bonchev–Trinajstić information content (AvgIpc) is 2.67. The largest absolute Gasteiger partial charge is 0.356 e. The standard InChI is InChI=1S/C11H10ClNO/c1-2-10-7-11(14-13-10)8-3-5-9(12)6-4-8/h3-7H,2H2,1H3. The summed E-state index contributed by atoms with van der Waals surface area (Å²) in [4.78, 5) is 0. The molecule has 0 aliphatic rings. The van der Waals surface area contributed by atoms with E-state index in [0.29, 0.717) is 0 Å². The highest BCUT2D eigenvalue weighted by atomic mass is 35.5. The van der Waals surface area contributed by atoms with E-state index in [1.165, 1.54) is 0 Å². The van der Waals surface area contributed by atoms with Crippen LogP contribution in [0.1, 0.15) is 12.6 Å². The lowest BCUT2D eigenvalue weighted by atomic mass is 10.1. The quantitative estimate of drug-likeness (QED) is 0.753. The summed E-state index contributed by atoms with van der Waals surface area (Å²) < 4.78 is 5.19. The molecule has 14 heavy (non-hydrogen) atoms. The highest BCUT2D eigenvalue weighted by Gasteiger charge is 2.04. The molecule has 0 aliphatic carbocycles. The van der Waals surface area contributed by atoms with Gasteiger partial charge in [-0.2, -0.15) is 0 Å². The Hall–Kier alpha value is -1.28. The van der Waals surface area contributed by atoms with Crippen LogP contribution in [0.15, 0.2) is 34.9 Å². The zero-order valence-electron chi connectivity index (χ0n) is 7.83. The molecule has 0 saturated carbocycles. The molecule has 0 fully saturated rings. The molecule has 0 spiro atoms. The molecule has 0 N–H and O–H groups in total. The van der Waals surface area contributed by atoms with Crippen LogP contribution in [0, 0.1) is 0 Å². The SMILES string of the molecule is CCc1cc(-c2ccc(Cl)cc2)on1. The van der Waals surface area contributed by atoms with Crippen molar-refractivity contribution in [3.8, 4) is 11.3 Å². The van der Waals surface area contributed by atoms with Gasteiger partial charge in [-0.05, 0) is 30.7 Å². The second-order valence-corrected chi connectivity index (χ2v) is 3.48. The summed E-state index contributed by atoms with van der Waals surface area (Å²) in [5, 5.41) is 4.65. The number of rotatable bonds is 2. The van der Waals surface area contributed by atoms with Gasteiger partial charge in [0.25, 0.3) is 0 Å². The highest BCUT2D eigenvalue weighted by Crippen LogP contribution is 2.22. The first-order valence-electron chi connectivity index (χ1n) is 4.51. The number of benzene rings is 1. The number of hydrogen-bond donors (Lipinski definition) is 0. The summed E-state index contributed by atoms with van der Waals surface area (Å²) in [6.07, 6.45) is 0.886. The van der Waals surface area contributed by atoms with Gasteiger partial charge < -0.3 is 4.52 Å². The van der Waals surface area contributed by atoms with E-state index in [2.05, 4.69) is 5.16 Å². The van der Waals surface area contributed by atoms with Crippen molar-refractivity contribution >= 4 is 11.6 Å². The summed E-state index contributed by atoms with van der Waals surface area (Å²) in [6.45, 7) is 2.05. The van der Waals surface area contributed by atoms with Crippen molar-refractivity contribution in [3.05, 3.63) is 41.0 Å². The van der Waals surface area contributed by atoms with E-state index in [1.54, 1.807) is 0 Å². The molecular weight excluding hydrogens is 198 g/mol. The third-order valence-electron chi connectivity index (χ3n) is 2.05. The Morgan fingerprint density at radius 3 is 2.57 bits per heavy atom. The molecule has 0 amide bonds. The second-order valence-electron chi connectivity index (χ2n) is 3.04. The Balaban J connectivity index is 2.34. The lowest BCUT2D eigenvalue weighted by Gasteiger charge is -1.93. The van der Waals surface area contributed by atoms with Crippen LogP contribution in [0.25, 0.3) is 11.3 Å². The monoisotopic (exact) mass is 207 g/mol. The third-order valence-corrected chi connectivity index (χ3v) is 2.30. The van der Waals surface area contributed by atoms with Gasteiger partial charge in [-0.15, -0.1) is 0 Å². The first-order valence-corrected chi connectivity index (χ1v) is 4.89. The fourth-order valence-electron chi connectivity index (χ4n) is 1.23. The van der Waals surface area contributed by atoms with Gasteiger partial charge >= 0.3 is 0 Å². The molecule has 0 aliphatic heterocycles. The van der Waals surface area contributed by atoms with Crippen LogP contribution >= 0.6 is 11.6 Å². The molecule has 1 heterocycles. The maximum atomic E-state index is 5.79. The van der Waals surface area contributed by atoms with E-state index in [9.17, 15) is 0 Å². The summed E-state index contributed by atoms with van der Waals surface area (Å²) >= 11 is 5.79. The third kappa shape index (κ3) is 1.80. The Bertz CT molecular complexity index is 419. The van der Waals surface area contributed by atoms with Crippen LogP contribution in [-0.4, -0.2) is 5.16 Å². The van der Waals surface area contributed by atoms with E-state index in [0.717, 1.165) is 28.5 Å². The Kier molecular flexibility index (Phi) is 2.55. The van der Waals surface area contributed by atoms with Crippen LogP contribution in [0.3, 0.4) is 0 Å². The predicted octanol–water partition coefficient (Wildman–Crippen LogP) is 3.56. The first-order chi connectivity index (χ1) is 6.79. The molecule has 2 rings (SSSR count). The topological polar surface area (TPSA) is 26.0 Å². The van der Waals surface area contributed by atoms with Crippen LogP contribution in [-0.2, 0) is 6.42 Å². The molecule has 0 radical (unpaired) electrons. The minimum Gasteiger partial charge on any atom is -0.356 e. The maximum Gasteiger partial charge on any atom is 0.167 e. The molecular formula is C11H10ClNO. The van der Waals surface area contributed by atoms with E-state index >= 15 is 0 Å². The molecule has 0 unspecified atom stereocenters. The molecule has 0 atom stereocenters. The van der Waals surface area contributed by atoms with Gasteiger partial charge in [0.05, 0.1) is 5.69 Å². The average molecular weight is 208 g/mol. The van der Waals surface area contributed by atoms with Gasteiger partial charge in [-0.1, -0.05) is 23.7 Å². The summed E-state index contributed by atoms with van der Waals surface area (Å²) in [6, 6.07) is 9.46. The van der Waals surface area contributed by atoms with Crippen LogP contribution in [0.4, 0.5) is 0 Å². The minimum absolute atomic E-state index is 0.726. The fourth-order valence-corrected chi connectivity index (χ4v) is 1.35. The highest BCUT2D eigenvalue weighted by molar-refractivity contribution is 6.30. The number of hydrogen-bond acceptors (Lipinski definition) is 2. The van der Waals surface area contributed by atoms with Gasteiger partial charge in [-0.25, -0.2) is 0 Å². The first kappa shape index (κ1) is 9.28. The Labute approximate surface area is 87.5 Å². The molecule has 0 saturated heterocycles. The number of nitrogens with zero attached hydrogens (tertiary/aromatic N) is 1. The summed E-state index contributed by atoms with van der Waals surface area (Å²) in [5.41, 5.74) is 1.97. The van der Waals surface area contributed by atoms with E-state index in [4.69, 9.17) is 16.1 Å². The normalized spacial score (nSPS) is 10.4. The zero-order valence-corrected chi connectivity index (χ0v) is 8.58. The van der Waals surface area contributed by atoms with Crippen molar-refractivity contribution in [2.45, 2.75) is 13.3 Å². The van der Waals surface area contributed by atoms with Gasteiger partial charge in [0.15, 0.2) is 5.76 Å². The van der Waals surface area contributed by atoms with Crippen LogP contribution < -0.4 is 0 Å². The molecule has 2 nitrogen and oxygen atoms in total. The number of aryl methyl sites for hydroxylation is 1. The molecule has 1 aromatic carbocycles. The maximum absolute atomic E-state index is 5.79. The smallest absolute Gasteiger partial charge is 0.167 e. The zero-order chi connectivity index (χ0) is 9.97. The minimum atomic E-state index is 0.726. The van der Waals surface area contributed by atoms with Crippen LogP contribution in [0.5, 0.6) is 0 Å². The summed E-state index contributed by atoms with van der Waals surface area (Å²) in [7, 11) is 0. The Morgan fingerprint density at radius 1 is 1.29 bits per heavy atom. The predicted molar refractivity (Wildman–Crippen MR) is 56.3 cm³/mol. The Morgan fingerprint density at radius 2 is 2.00 bits per heavy atom. The second kappa shape index (κ2) is 3.84. The molecule has 1 aromatic heterocycles. The lowest BCUT2D eigenvalue weighted by molar-refractivity contribution is 0.424. The van der Waals surface area contributed by atoms with Crippen molar-refractivity contribution in [1.82, 2.24) is 5.16 Å². The van der Waals surface area contributed by atoms with Gasteiger partial charge in [0.1, 0.15) is 0 Å². The summed E-state index contributed by atoms with van der Waals surface area (Å²) in [5.74, 6) is 0.790. The fraction of sp³-hybridized carbons (Fsp3) is 0.182. The molecule has 3 heteroatoms. The number of aromatic nitrogens is 1. The van der Waals surface area contributed by atoms with Crippen molar-refractivity contribution in [2.24, 2.45) is 0 Å². The number of halogens is 1. The van der Waals surface area contributed by atoms with E-state index < -0.39 is 0 Å². The van der Waals surface area contributed by atoms with Gasteiger partial charge in [-0.3, -0.25) is 0 Å². The molecule has 2 aromatic rings.